The molecule has 0 aliphatic heterocycles. The van der Waals surface area contributed by atoms with E-state index in [9.17, 15) is 19.2 Å². The lowest BCUT2D eigenvalue weighted by Gasteiger charge is -2.02. The van der Waals surface area contributed by atoms with Gasteiger partial charge < -0.3 is 9.84 Å². The molecule has 0 saturated carbocycles. The Morgan fingerprint density at radius 3 is 2.05 bits per heavy atom. The van der Waals surface area contributed by atoms with Gasteiger partial charge in [-0.1, -0.05) is 12.1 Å². The number of carboxylic acid groups (broad SMARTS) is 1. The minimum Gasteiger partial charge on any atom is -0.478 e. The van der Waals surface area contributed by atoms with Gasteiger partial charge in [0.25, 0.3) is 0 Å². The highest BCUT2D eigenvalue weighted by Gasteiger charge is 2.20. The van der Waals surface area contributed by atoms with Crippen LogP contribution in [-0.4, -0.2) is 35.2 Å². The molecule has 0 amide bonds. The molecule has 6 heteroatoms. The molecule has 0 aliphatic rings. The highest BCUT2D eigenvalue weighted by atomic mass is 16.5. The Balaban J connectivity index is 2.70. The smallest absolute Gasteiger partial charge is 0.375 e. The van der Waals surface area contributed by atoms with E-state index in [-0.39, 0.29) is 17.7 Å². The molecule has 6 nitrogen and oxygen atoms in total. The standard InChI is InChI=1S/C13H12O6/c1-2-19-13(18)11(15)7-10(14)8-3-5-9(6-4-8)12(16)17/h3-6H,2,7H2,1H3,(H,16,17). The van der Waals surface area contributed by atoms with Gasteiger partial charge >= 0.3 is 11.9 Å². The molecule has 0 atom stereocenters. The lowest BCUT2D eigenvalue weighted by Crippen LogP contribution is -2.20. The maximum absolute atomic E-state index is 11.7. The summed E-state index contributed by atoms with van der Waals surface area (Å²) in [6.45, 7) is 1.61. The minimum atomic E-state index is -1.11. The molecule has 0 radical (unpaired) electrons. The molecule has 0 spiro atoms. The molecule has 0 aliphatic carbocycles. The average Bonchev–Trinajstić information content (AvgIpc) is 2.38. The molecular weight excluding hydrogens is 252 g/mol. The van der Waals surface area contributed by atoms with Gasteiger partial charge in [-0.3, -0.25) is 9.59 Å². The second kappa shape index (κ2) is 6.44. The maximum Gasteiger partial charge on any atom is 0.375 e. The third-order valence-electron chi connectivity index (χ3n) is 2.28. The van der Waals surface area contributed by atoms with Crippen LogP contribution in [0.2, 0.25) is 0 Å². The predicted molar refractivity (Wildman–Crippen MR) is 64.0 cm³/mol. The van der Waals surface area contributed by atoms with E-state index < -0.39 is 29.9 Å². The van der Waals surface area contributed by atoms with Crippen LogP contribution < -0.4 is 0 Å². The van der Waals surface area contributed by atoms with Crippen molar-refractivity contribution in [1.82, 2.24) is 0 Å². The van der Waals surface area contributed by atoms with Crippen molar-refractivity contribution in [3.8, 4) is 0 Å². The lowest BCUT2D eigenvalue weighted by atomic mass is 10.0. The first-order valence-corrected chi connectivity index (χ1v) is 5.52. The van der Waals surface area contributed by atoms with E-state index in [1.54, 1.807) is 6.92 Å². The Labute approximate surface area is 109 Å². The van der Waals surface area contributed by atoms with Gasteiger partial charge in [0.05, 0.1) is 18.6 Å². The first-order valence-electron chi connectivity index (χ1n) is 5.52. The summed E-state index contributed by atoms with van der Waals surface area (Å²) in [4.78, 5) is 44.6. The SMILES string of the molecule is CCOC(=O)C(=O)CC(=O)c1ccc(C(=O)O)cc1. The van der Waals surface area contributed by atoms with E-state index in [1.807, 2.05) is 0 Å². The number of benzene rings is 1. The van der Waals surface area contributed by atoms with E-state index in [0.29, 0.717) is 0 Å². The second-order valence-corrected chi connectivity index (χ2v) is 3.63. The van der Waals surface area contributed by atoms with Gasteiger partial charge in [-0.05, 0) is 19.1 Å². The lowest BCUT2D eigenvalue weighted by molar-refractivity contribution is -0.153. The number of aromatic carboxylic acids is 1. The van der Waals surface area contributed by atoms with Crippen molar-refractivity contribution in [2.45, 2.75) is 13.3 Å². The maximum atomic E-state index is 11.7. The highest BCUT2D eigenvalue weighted by Crippen LogP contribution is 2.08. The number of ether oxygens (including phenoxy) is 1. The number of hydrogen-bond donors (Lipinski definition) is 1. The van der Waals surface area contributed by atoms with Gasteiger partial charge in [-0.15, -0.1) is 0 Å². The highest BCUT2D eigenvalue weighted by molar-refractivity contribution is 6.38. The van der Waals surface area contributed by atoms with Gasteiger partial charge in [-0.2, -0.15) is 0 Å². The summed E-state index contributed by atoms with van der Waals surface area (Å²) in [5, 5.41) is 8.69. The van der Waals surface area contributed by atoms with Gasteiger partial charge in [-0.25, -0.2) is 9.59 Å². The number of ketones is 2. The zero-order chi connectivity index (χ0) is 14.4. The zero-order valence-electron chi connectivity index (χ0n) is 10.2. The van der Waals surface area contributed by atoms with Crippen molar-refractivity contribution in [2.75, 3.05) is 6.61 Å². The molecule has 0 aromatic heterocycles. The molecule has 19 heavy (non-hydrogen) atoms. The number of esters is 1. The summed E-state index contributed by atoms with van der Waals surface area (Å²) in [5.74, 6) is -3.64. The summed E-state index contributed by atoms with van der Waals surface area (Å²) in [6, 6.07) is 5.10. The Kier molecular flexibility index (Phi) is 4.93. The number of Topliss-reactive ketones (excluding diaryl/α,β-unsaturated/α-hetero) is 2. The fraction of sp³-hybridized carbons (Fsp3) is 0.231. The van der Waals surface area contributed by atoms with Crippen molar-refractivity contribution < 1.29 is 29.0 Å². The van der Waals surface area contributed by atoms with E-state index in [4.69, 9.17) is 5.11 Å². The molecule has 0 fully saturated rings. The number of carboxylic acids is 1. The average molecular weight is 264 g/mol. The van der Waals surface area contributed by atoms with Crippen LogP contribution in [0.3, 0.4) is 0 Å². The van der Waals surface area contributed by atoms with Gasteiger partial charge in [0, 0.05) is 5.56 Å². The molecule has 0 bridgehead atoms. The quantitative estimate of drug-likeness (QED) is 0.357. The largest absolute Gasteiger partial charge is 0.478 e. The third-order valence-corrected chi connectivity index (χ3v) is 2.28. The van der Waals surface area contributed by atoms with Gasteiger partial charge in [0.15, 0.2) is 5.78 Å². The monoisotopic (exact) mass is 264 g/mol. The van der Waals surface area contributed by atoms with E-state index >= 15 is 0 Å². The minimum absolute atomic E-state index is 0.0354. The van der Waals surface area contributed by atoms with Crippen molar-refractivity contribution in [2.24, 2.45) is 0 Å². The number of rotatable bonds is 6. The third kappa shape index (κ3) is 4.02. The first-order chi connectivity index (χ1) is 8.95. The molecule has 0 saturated heterocycles. The molecule has 1 aromatic rings. The number of carbonyl (C=O) groups excluding carboxylic acids is 3. The molecule has 0 unspecified atom stereocenters. The zero-order valence-corrected chi connectivity index (χ0v) is 10.2. The van der Waals surface area contributed by atoms with Crippen LogP contribution in [0.4, 0.5) is 0 Å². The normalized spacial score (nSPS) is 9.74. The van der Waals surface area contributed by atoms with Gasteiger partial charge in [0.2, 0.25) is 5.78 Å². The Morgan fingerprint density at radius 1 is 1.05 bits per heavy atom. The number of carbonyl (C=O) groups is 4. The van der Waals surface area contributed by atoms with Crippen LogP contribution >= 0.6 is 0 Å². The number of hydrogen-bond acceptors (Lipinski definition) is 5. The molecule has 0 heterocycles. The molecular formula is C13H12O6. The summed E-state index contributed by atoms with van der Waals surface area (Å²) < 4.78 is 4.47. The van der Waals surface area contributed by atoms with E-state index in [0.717, 1.165) is 0 Å². The Bertz CT molecular complexity index is 514. The van der Waals surface area contributed by atoms with Crippen molar-refractivity contribution in [3.05, 3.63) is 35.4 Å². The van der Waals surface area contributed by atoms with Crippen molar-refractivity contribution in [1.29, 1.82) is 0 Å². The van der Waals surface area contributed by atoms with Crippen LogP contribution in [0.15, 0.2) is 24.3 Å². The molecule has 1 rings (SSSR count). The fourth-order valence-corrected chi connectivity index (χ4v) is 1.33. The van der Waals surface area contributed by atoms with Crippen LogP contribution in [0.1, 0.15) is 34.1 Å². The summed E-state index contributed by atoms with van der Waals surface area (Å²) in [5.41, 5.74) is 0.205. The second-order valence-electron chi connectivity index (χ2n) is 3.63. The van der Waals surface area contributed by atoms with Crippen LogP contribution in [-0.2, 0) is 14.3 Å². The van der Waals surface area contributed by atoms with Crippen LogP contribution in [0.5, 0.6) is 0 Å². The molecule has 100 valence electrons. The Hall–Kier alpha value is -2.50. The van der Waals surface area contributed by atoms with Gasteiger partial charge in [0.1, 0.15) is 0 Å². The summed E-state index contributed by atoms with van der Waals surface area (Å²) >= 11 is 0. The summed E-state index contributed by atoms with van der Waals surface area (Å²) in [7, 11) is 0. The van der Waals surface area contributed by atoms with E-state index in [1.165, 1.54) is 24.3 Å². The molecule has 1 N–H and O–H groups in total. The molecule has 1 aromatic carbocycles. The van der Waals surface area contributed by atoms with Crippen LogP contribution in [0, 0.1) is 0 Å². The predicted octanol–water partition coefficient (Wildman–Crippen LogP) is 1.09. The van der Waals surface area contributed by atoms with E-state index in [2.05, 4.69) is 4.74 Å². The first kappa shape index (κ1) is 14.6. The fourth-order valence-electron chi connectivity index (χ4n) is 1.33. The summed E-state index contributed by atoms with van der Waals surface area (Å²) in [6.07, 6.45) is -0.592. The van der Waals surface area contributed by atoms with Crippen molar-refractivity contribution >= 4 is 23.5 Å². The van der Waals surface area contributed by atoms with Crippen LogP contribution in [0.25, 0.3) is 0 Å². The van der Waals surface area contributed by atoms with Crippen molar-refractivity contribution in [3.63, 3.8) is 0 Å². The Morgan fingerprint density at radius 2 is 1.58 bits per heavy atom. The topological polar surface area (TPSA) is 97.7 Å².